The van der Waals surface area contributed by atoms with E-state index in [2.05, 4.69) is 180 Å². The topological polar surface area (TPSA) is 14.2 Å². The van der Waals surface area contributed by atoms with Crippen molar-refractivity contribution in [3.05, 3.63) is 198 Å². The van der Waals surface area contributed by atoms with Crippen molar-refractivity contribution in [1.82, 2.24) is 4.57 Å². The molecule has 3 heterocycles. The lowest BCUT2D eigenvalue weighted by atomic mass is 9.61. The first-order chi connectivity index (χ1) is 24.3. The van der Waals surface area contributed by atoms with Gasteiger partial charge in [-0.05, 0) is 74.5 Å². The molecule has 8 aromatic carbocycles. The Morgan fingerprint density at radius 2 is 1.04 bits per heavy atom. The highest BCUT2D eigenvalue weighted by atomic mass is 16.5. The van der Waals surface area contributed by atoms with Crippen LogP contribution in [0.25, 0.3) is 60.5 Å². The molecule has 228 valence electrons. The lowest BCUT2D eigenvalue weighted by Crippen LogP contribution is -2.37. The highest BCUT2D eigenvalue weighted by Crippen LogP contribution is 2.60. The normalized spacial score (nSPS) is 15.6. The van der Waals surface area contributed by atoms with Crippen LogP contribution < -0.4 is 4.74 Å². The average Bonchev–Trinajstić information content (AvgIpc) is 3.51. The molecule has 2 aliphatic heterocycles. The standard InChI is InChI=1S/C47H29NO/c1-2-13-34-31(11-1)12-9-15-35(34)32-25-23-30(24-26-32)33-27-28-45-41(29-33)47(39-18-5-8-22-44(39)49-45)38-17-4-7-21-43(38)48-42-20-6-3-14-36(42)37-16-10-19-40(47)46(37)48/h1-29H. The number of hydrogen-bond acceptors (Lipinski definition) is 1. The van der Waals surface area contributed by atoms with Gasteiger partial charge >= 0.3 is 0 Å². The number of aromatic nitrogens is 1. The monoisotopic (exact) mass is 623 g/mol. The third kappa shape index (κ3) is 3.50. The first-order valence-electron chi connectivity index (χ1n) is 16.9. The molecule has 0 N–H and O–H groups in total. The molecule has 0 bridgehead atoms. The van der Waals surface area contributed by atoms with Gasteiger partial charge in [0.15, 0.2) is 0 Å². The van der Waals surface area contributed by atoms with E-state index in [1.807, 2.05) is 0 Å². The van der Waals surface area contributed by atoms with Crippen LogP contribution in [0.15, 0.2) is 176 Å². The molecule has 11 rings (SSSR count). The van der Waals surface area contributed by atoms with Gasteiger partial charge < -0.3 is 9.30 Å². The minimum Gasteiger partial charge on any atom is -0.457 e. The molecule has 1 atom stereocenters. The van der Waals surface area contributed by atoms with Crippen molar-refractivity contribution in [2.45, 2.75) is 5.41 Å². The van der Waals surface area contributed by atoms with Crippen molar-refractivity contribution in [2.75, 3.05) is 0 Å². The minimum atomic E-state index is -0.580. The van der Waals surface area contributed by atoms with E-state index < -0.39 is 5.41 Å². The molecule has 1 unspecified atom stereocenters. The fourth-order valence-corrected chi connectivity index (χ4v) is 8.82. The van der Waals surface area contributed by atoms with Crippen molar-refractivity contribution < 1.29 is 4.74 Å². The maximum absolute atomic E-state index is 6.76. The van der Waals surface area contributed by atoms with E-state index in [1.165, 1.54) is 82.8 Å². The number of hydrogen-bond donors (Lipinski definition) is 0. The largest absolute Gasteiger partial charge is 0.457 e. The van der Waals surface area contributed by atoms with Gasteiger partial charge in [-0.15, -0.1) is 0 Å². The van der Waals surface area contributed by atoms with Gasteiger partial charge in [-0.1, -0.05) is 146 Å². The van der Waals surface area contributed by atoms with Gasteiger partial charge in [-0.25, -0.2) is 0 Å². The van der Waals surface area contributed by atoms with E-state index in [1.54, 1.807) is 0 Å². The second kappa shape index (κ2) is 9.82. The van der Waals surface area contributed by atoms with Crippen LogP contribution in [0.2, 0.25) is 0 Å². The molecule has 2 heteroatoms. The van der Waals surface area contributed by atoms with Crippen LogP contribution in [-0.2, 0) is 5.41 Å². The van der Waals surface area contributed by atoms with Crippen molar-refractivity contribution in [3.8, 4) is 39.4 Å². The SMILES string of the molecule is c1ccc2c(c1)Oc1ccc(-c3ccc(-c4cccc5ccccc45)cc3)cc1C21c2ccccc2-n2c3ccccc3c3cccc1c32. The summed E-state index contributed by atoms with van der Waals surface area (Å²) >= 11 is 0. The predicted octanol–water partition coefficient (Wildman–Crippen LogP) is 12.1. The molecular formula is C47H29NO. The molecule has 0 saturated carbocycles. The summed E-state index contributed by atoms with van der Waals surface area (Å²) in [5.41, 5.74) is 12.8. The van der Waals surface area contributed by atoms with E-state index in [0.717, 1.165) is 11.5 Å². The summed E-state index contributed by atoms with van der Waals surface area (Å²) in [6.07, 6.45) is 0. The zero-order valence-corrected chi connectivity index (χ0v) is 26.6. The van der Waals surface area contributed by atoms with Gasteiger partial charge in [0.05, 0.1) is 22.1 Å². The van der Waals surface area contributed by atoms with Crippen molar-refractivity contribution in [1.29, 1.82) is 0 Å². The van der Waals surface area contributed by atoms with Crippen LogP contribution in [0.3, 0.4) is 0 Å². The Hall–Kier alpha value is -6.38. The summed E-state index contributed by atoms with van der Waals surface area (Å²) in [4.78, 5) is 0. The highest BCUT2D eigenvalue weighted by molar-refractivity contribution is 6.12. The summed E-state index contributed by atoms with van der Waals surface area (Å²) in [5.74, 6) is 1.80. The number of nitrogens with zero attached hydrogens (tertiary/aromatic N) is 1. The van der Waals surface area contributed by atoms with E-state index in [-0.39, 0.29) is 0 Å². The lowest BCUT2D eigenvalue weighted by Gasteiger charge is -2.45. The Morgan fingerprint density at radius 3 is 1.96 bits per heavy atom. The highest BCUT2D eigenvalue weighted by Gasteiger charge is 2.50. The van der Waals surface area contributed by atoms with E-state index >= 15 is 0 Å². The first-order valence-corrected chi connectivity index (χ1v) is 16.9. The number of fused-ring (bicyclic) bond motifs is 12. The maximum Gasteiger partial charge on any atom is 0.132 e. The second-order valence-corrected chi connectivity index (χ2v) is 13.2. The van der Waals surface area contributed by atoms with Crippen molar-refractivity contribution in [3.63, 3.8) is 0 Å². The zero-order valence-electron chi connectivity index (χ0n) is 26.6. The summed E-state index contributed by atoms with van der Waals surface area (Å²) < 4.78 is 9.25. The van der Waals surface area contributed by atoms with Gasteiger partial charge in [0, 0.05) is 21.9 Å². The van der Waals surface area contributed by atoms with Gasteiger partial charge in [-0.2, -0.15) is 0 Å². The fourth-order valence-electron chi connectivity index (χ4n) is 8.82. The van der Waals surface area contributed by atoms with Gasteiger partial charge in [0.25, 0.3) is 0 Å². The van der Waals surface area contributed by atoms with Crippen LogP contribution in [0, 0.1) is 0 Å². The minimum absolute atomic E-state index is 0.580. The Bertz CT molecular complexity index is 2800. The molecule has 1 spiro atoms. The van der Waals surface area contributed by atoms with Crippen molar-refractivity contribution >= 4 is 32.6 Å². The molecule has 0 radical (unpaired) electrons. The molecule has 2 nitrogen and oxygen atoms in total. The van der Waals surface area contributed by atoms with Gasteiger partial charge in [0.1, 0.15) is 11.5 Å². The Labute approximate surface area is 284 Å². The molecule has 2 aliphatic rings. The third-order valence-corrected chi connectivity index (χ3v) is 10.9. The Morgan fingerprint density at radius 1 is 0.408 bits per heavy atom. The van der Waals surface area contributed by atoms with E-state index in [9.17, 15) is 0 Å². The van der Waals surface area contributed by atoms with Crippen LogP contribution in [0.1, 0.15) is 22.3 Å². The summed E-state index contributed by atoms with van der Waals surface area (Å²) in [6, 6.07) is 64.2. The molecule has 0 aliphatic carbocycles. The van der Waals surface area contributed by atoms with Crippen LogP contribution in [0.4, 0.5) is 0 Å². The van der Waals surface area contributed by atoms with Crippen LogP contribution in [-0.4, -0.2) is 4.57 Å². The quantitative estimate of drug-likeness (QED) is 0.187. The first kappa shape index (κ1) is 26.7. The molecule has 1 aromatic heterocycles. The maximum atomic E-state index is 6.76. The number of para-hydroxylation sites is 4. The number of benzene rings is 8. The Kier molecular flexibility index (Phi) is 5.34. The molecule has 0 amide bonds. The molecule has 0 saturated heterocycles. The average molecular weight is 624 g/mol. The second-order valence-electron chi connectivity index (χ2n) is 13.2. The Balaban J connectivity index is 1.18. The van der Waals surface area contributed by atoms with Crippen molar-refractivity contribution in [2.24, 2.45) is 0 Å². The van der Waals surface area contributed by atoms with Gasteiger partial charge in [0.2, 0.25) is 0 Å². The molecule has 0 fully saturated rings. The smallest absolute Gasteiger partial charge is 0.132 e. The predicted molar refractivity (Wildman–Crippen MR) is 201 cm³/mol. The fraction of sp³-hybridized carbons (Fsp3) is 0.0213. The molecule has 9 aromatic rings. The number of rotatable bonds is 2. The van der Waals surface area contributed by atoms with E-state index in [0.29, 0.717) is 0 Å². The summed E-state index contributed by atoms with van der Waals surface area (Å²) in [5, 5.41) is 5.07. The van der Waals surface area contributed by atoms with Crippen LogP contribution >= 0.6 is 0 Å². The number of ether oxygens (including phenoxy) is 1. The third-order valence-electron chi connectivity index (χ3n) is 10.9. The van der Waals surface area contributed by atoms with E-state index in [4.69, 9.17) is 4.74 Å². The summed E-state index contributed by atoms with van der Waals surface area (Å²) in [7, 11) is 0. The van der Waals surface area contributed by atoms with Gasteiger partial charge in [-0.3, -0.25) is 0 Å². The summed E-state index contributed by atoms with van der Waals surface area (Å²) in [6.45, 7) is 0. The molecule has 49 heavy (non-hydrogen) atoms. The zero-order chi connectivity index (χ0) is 32.1. The molecular weight excluding hydrogens is 595 g/mol. The van der Waals surface area contributed by atoms with Crippen LogP contribution in [0.5, 0.6) is 11.5 Å². The lowest BCUT2D eigenvalue weighted by molar-refractivity contribution is 0.434.